The lowest BCUT2D eigenvalue weighted by molar-refractivity contribution is 0.170. The van der Waals surface area contributed by atoms with E-state index in [0.717, 1.165) is 5.75 Å². The van der Waals surface area contributed by atoms with E-state index in [4.69, 9.17) is 16.3 Å². The van der Waals surface area contributed by atoms with Crippen molar-refractivity contribution < 1.29 is 17.9 Å². The second kappa shape index (κ2) is 9.27. The van der Waals surface area contributed by atoms with Crippen LogP contribution in [0.1, 0.15) is 0 Å². The molecule has 0 saturated carbocycles. The highest BCUT2D eigenvalue weighted by Gasteiger charge is 2.29. The highest BCUT2D eigenvalue weighted by Crippen LogP contribution is 2.19. The lowest BCUT2D eigenvalue weighted by Gasteiger charge is -2.34. The van der Waals surface area contributed by atoms with Crippen molar-refractivity contribution in [3.8, 4) is 5.75 Å². The maximum atomic E-state index is 12.7. The number of halogens is 1. The predicted octanol–water partition coefficient (Wildman–Crippen LogP) is 2.43. The van der Waals surface area contributed by atoms with Crippen LogP contribution in [0.3, 0.4) is 0 Å². The molecule has 2 aromatic carbocycles. The van der Waals surface area contributed by atoms with Crippen LogP contribution < -0.4 is 10.1 Å². The number of benzene rings is 2. The third kappa shape index (κ3) is 5.15. The Morgan fingerprint density at radius 3 is 2.29 bits per heavy atom. The van der Waals surface area contributed by atoms with Crippen molar-refractivity contribution in [1.82, 2.24) is 14.5 Å². The Kier molecular flexibility index (Phi) is 6.77. The number of nitrogens with one attached hydrogen (secondary N) is 1. The van der Waals surface area contributed by atoms with Crippen molar-refractivity contribution in [3.05, 3.63) is 59.6 Å². The molecule has 1 saturated heterocycles. The Hall–Kier alpha value is -2.29. The van der Waals surface area contributed by atoms with Gasteiger partial charge in [0.1, 0.15) is 12.4 Å². The van der Waals surface area contributed by atoms with Crippen molar-refractivity contribution in [2.45, 2.75) is 4.90 Å². The molecule has 150 valence electrons. The molecule has 1 aliphatic rings. The molecule has 7 nitrogen and oxygen atoms in total. The number of urea groups is 1. The van der Waals surface area contributed by atoms with Gasteiger partial charge < -0.3 is 15.0 Å². The summed E-state index contributed by atoms with van der Waals surface area (Å²) in [4.78, 5) is 14.1. The molecular weight excluding hydrogens is 402 g/mol. The Bertz CT molecular complexity index is 883. The van der Waals surface area contributed by atoms with Gasteiger partial charge in [-0.1, -0.05) is 29.8 Å². The van der Waals surface area contributed by atoms with E-state index in [2.05, 4.69) is 5.32 Å². The van der Waals surface area contributed by atoms with Crippen LogP contribution in [-0.4, -0.2) is 63.0 Å². The van der Waals surface area contributed by atoms with Crippen LogP contribution in [0.15, 0.2) is 59.5 Å². The number of sulfonamides is 1. The maximum Gasteiger partial charge on any atom is 0.317 e. The molecule has 1 aliphatic heterocycles. The summed E-state index contributed by atoms with van der Waals surface area (Å²) >= 11 is 5.82. The normalized spacial score (nSPS) is 15.2. The fourth-order valence-electron chi connectivity index (χ4n) is 2.84. The number of rotatable bonds is 6. The fraction of sp³-hybridized carbons (Fsp3) is 0.316. The van der Waals surface area contributed by atoms with E-state index in [1.165, 1.54) is 16.4 Å². The number of carbonyl (C=O) groups is 1. The van der Waals surface area contributed by atoms with Gasteiger partial charge in [-0.05, 0) is 36.4 Å². The summed E-state index contributed by atoms with van der Waals surface area (Å²) in [5, 5.41) is 3.28. The van der Waals surface area contributed by atoms with E-state index < -0.39 is 10.0 Å². The molecule has 0 aliphatic carbocycles. The van der Waals surface area contributed by atoms with Crippen LogP contribution in [-0.2, 0) is 10.0 Å². The maximum absolute atomic E-state index is 12.7. The minimum Gasteiger partial charge on any atom is -0.492 e. The summed E-state index contributed by atoms with van der Waals surface area (Å²) in [6.45, 7) is 1.89. The van der Waals surface area contributed by atoms with Crippen LogP contribution in [0.25, 0.3) is 0 Å². The number of ether oxygens (including phenoxy) is 1. The number of piperazine rings is 1. The van der Waals surface area contributed by atoms with E-state index in [1.54, 1.807) is 17.0 Å². The van der Waals surface area contributed by atoms with Crippen molar-refractivity contribution in [3.63, 3.8) is 0 Å². The van der Waals surface area contributed by atoms with E-state index in [9.17, 15) is 13.2 Å². The monoisotopic (exact) mass is 423 g/mol. The molecule has 9 heteroatoms. The van der Waals surface area contributed by atoms with Gasteiger partial charge in [0.25, 0.3) is 0 Å². The second-order valence-corrected chi connectivity index (χ2v) is 8.61. The van der Waals surface area contributed by atoms with Gasteiger partial charge in [0, 0.05) is 31.2 Å². The molecule has 1 fully saturated rings. The quantitative estimate of drug-likeness (QED) is 0.724. The minimum absolute atomic E-state index is 0.202. The molecule has 3 rings (SSSR count). The van der Waals surface area contributed by atoms with Gasteiger partial charge in [-0.25, -0.2) is 13.2 Å². The van der Waals surface area contributed by atoms with Crippen LogP contribution in [0.2, 0.25) is 5.02 Å². The third-order valence-corrected chi connectivity index (χ3v) is 6.53. The molecule has 0 bridgehead atoms. The molecule has 0 radical (unpaired) electrons. The van der Waals surface area contributed by atoms with Crippen LogP contribution in [0, 0.1) is 0 Å². The first-order chi connectivity index (χ1) is 13.5. The lowest BCUT2D eigenvalue weighted by Crippen LogP contribution is -2.53. The number of para-hydroxylation sites is 1. The first kappa shape index (κ1) is 20.4. The zero-order valence-electron chi connectivity index (χ0n) is 15.3. The van der Waals surface area contributed by atoms with E-state index in [0.29, 0.717) is 31.3 Å². The van der Waals surface area contributed by atoms with Crippen molar-refractivity contribution in [1.29, 1.82) is 0 Å². The second-order valence-electron chi connectivity index (χ2n) is 6.24. The Morgan fingerprint density at radius 2 is 1.64 bits per heavy atom. The molecule has 0 aromatic heterocycles. The zero-order chi connectivity index (χ0) is 20.0. The lowest BCUT2D eigenvalue weighted by atomic mass is 10.3. The van der Waals surface area contributed by atoms with Gasteiger partial charge in [0.2, 0.25) is 10.0 Å². The molecule has 0 spiro atoms. The topological polar surface area (TPSA) is 79.0 Å². The van der Waals surface area contributed by atoms with Crippen LogP contribution in [0.5, 0.6) is 5.75 Å². The van der Waals surface area contributed by atoms with Gasteiger partial charge in [0.15, 0.2) is 0 Å². The summed E-state index contributed by atoms with van der Waals surface area (Å²) in [5.74, 6) is 0.748. The van der Waals surface area contributed by atoms with Gasteiger partial charge in [-0.15, -0.1) is 0 Å². The summed E-state index contributed by atoms with van der Waals surface area (Å²) in [7, 11) is -3.58. The van der Waals surface area contributed by atoms with E-state index >= 15 is 0 Å². The highest BCUT2D eigenvalue weighted by atomic mass is 35.5. The Labute approximate surface area is 169 Å². The molecule has 1 N–H and O–H groups in total. The standard InChI is InChI=1S/C19H22ClN3O4S/c20-16-6-8-18(9-7-16)28(25,26)23-13-11-22(12-14-23)19(24)21-10-15-27-17-4-2-1-3-5-17/h1-9H,10-15H2,(H,21,24). The molecule has 2 aromatic rings. The minimum atomic E-state index is -3.58. The van der Waals surface area contributed by atoms with Gasteiger partial charge in [0.05, 0.1) is 11.4 Å². The van der Waals surface area contributed by atoms with E-state index in [-0.39, 0.29) is 24.0 Å². The first-order valence-electron chi connectivity index (χ1n) is 8.93. The molecule has 0 atom stereocenters. The zero-order valence-corrected chi connectivity index (χ0v) is 16.8. The summed E-state index contributed by atoms with van der Waals surface area (Å²) in [5.41, 5.74) is 0. The fourth-order valence-corrected chi connectivity index (χ4v) is 4.39. The smallest absolute Gasteiger partial charge is 0.317 e. The van der Waals surface area contributed by atoms with Gasteiger partial charge in [-0.2, -0.15) is 4.31 Å². The summed E-state index contributed by atoms with van der Waals surface area (Å²) < 4.78 is 32.3. The number of amides is 2. The highest BCUT2D eigenvalue weighted by molar-refractivity contribution is 7.89. The number of hydrogen-bond donors (Lipinski definition) is 1. The van der Waals surface area contributed by atoms with Gasteiger partial charge >= 0.3 is 6.03 Å². The van der Waals surface area contributed by atoms with Crippen LogP contribution in [0.4, 0.5) is 4.79 Å². The molecule has 28 heavy (non-hydrogen) atoms. The molecule has 2 amide bonds. The number of nitrogens with zero attached hydrogens (tertiary/aromatic N) is 2. The first-order valence-corrected chi connectivity index (χ1v) is 10.7. The van der Waals surface area contributed by atoms with Gasteiger partial charge in [-0.3, -0.25) is 0 Å². The van der Waals surface area contributed by atoms with Crippen LogP contribution >= 0.6 is 11.6 Å². The summed E-state index contributed by atoms with van der Waals surface area (Å²) in [6.07, 6.45) is 0. The summed E-state index contributed by atoms with van der Waals surface area (Å²) in [6, 6.07) is 15.2. The molecular formula is C19H22ClN3O4S. The number of hydrogen-bond acceptors (Lipinski definition) is 4. The largest absolute Gasteiger partial charge is 0.492 e. The number of carbonyl (C=O) groups excluding carboxylic acids is 1. The average Bonchev–Trinajstić information content (AvgIpc) is 2.72. The Morgan fingerprint density at radius 1 is 1.00 bits per heavy atom. The Balaban J connectivity index is 1.44. The van der Waals surface area contributed by atoms with E-state index in [1.807, 2.05) is 30.3 Å². The SMILES string of the molecule is O=C(NCCOc1ccccc1)N1CCN(S(=O)(=O)c2ccc(Cl)cc2)CC1. The molecule has 1 heterocycles. The third-order valence-electron chi connectivity index (χ3n) is 4.37. The molecule has 0 unspecified atom stereocenters. The van der Waals surface area contributed by atoms with Crippen molar-refractivity contribution in [2.75, 3.05) is 39.3 Å². The average molecular weight is 424 g/mol. The van der Waals surface area contributed by atoms with Crippen molar-refractivity contribution in [2.24, 2.45) is 0 Å². The van der Waals surface area contributed by atoms with Crippen molar-refractivity contribution >= 4 is 27.7 Å². The predicted molar refractivity (Wildman–Crippen MR) is 107 cm³/mol.